The fourth-order valence-corrected chi connectivity index (χ4v) is 2.03. The van der Waals surface area contributed by atoms with Crippen molar-refractivity contribution in [1.29, 1.82) is 0 Å². The predicted octanol–water partition coefficient (Wildman–Crippen LogP) is 1.80. The summed E-state index contributed by atoms with van der Waals surface area (Å²) in [6, 6.07) is 8.78. The molecule has 1 aromatic rings. The number of rotatable bonds is 7. The lowest BCUT2D eigenvalue weighted by atomic mass is 10.0. The van der Waals surface area contributed by atoms with Crippen LogP contribution in [0.1, 0.15) is 32.8 Å². The Balaban J connectivity index is 2.69. The van der Waals surface area contributed by atoms with Gasteiger partial charge in [-0.05, 0) is 39.2 Å². The van der Waals surface area contributed by atoms with Gasteiger partial charge >= 0.3 is 12.1 Å². The van der Waals surface area contributed by atoms with Gasteiger partial charge in [0.1, 0.15) is 18.2 Å². The first-order valence-corrected chi connectivity index (χ1v) is 8.09. The number of carbonyl (C=O) groups is 3. The standard InChI is InChI=1S/C18H26N2O5/c1-18(2,3)25-17(23)20-14(16(22)19-12-15(21)24-4)11-10-13-8-6-5-7-9-13/h5-9,14H,10-12H2,1-4H3,(H,19,22)(H,20,23). The van der Waals surface area contributed by atoms with E-state index in [0.717, 1.165) is 5.56 Å². The quantitative estimate of drug-likeness (QED) is 0.732. The molecule has 0 fully saturated rings. The molecule has 0 bridgehead atoms. The molecule has 0 aliphatic carbocycles. The molecule has 1 atom stereocenters. The predicted molar refractivity (Wildman–Crippen MR) is 92.9 cm³/mol. The summed E-state index contributed by atoms with van der Waals surface area (Å²) in [6.07, 6.45) is 0.280. The van der Waals surface area contributed by atoms with Crippen LogP contribution in [0.3, 0.4) is 0 Å². The van der Waals surface area contributed by atoms with Crippen molar-refractivity contribution in [3.63, 3.8) is 0 Å². The van der Waals surface area contributed by atoms with Crippen LogP contribution in [0, 0.1) is 0 Å². The molecule has 1 aromatic carbocycles. The smallest absolute Gasteiger partial charge is 0.408 e. The molecule has 0 aliphatic heterocycles. The van der Waals surface area contributed by atoms with Gasteiger partial charge in [-0.25, -0.2) is 4.79 Å². The van der Waals surface area contributed by atoms with Gasteiger partial charge in [-0.3, -0.25) is 9.59 Å². The zero-order valence-corrected chi connectivity index (χ0v) is 15.1. The highest BCUT2D eigenvalue weighted by atomic mass is 16.6. The summed E-state index contributed by atoms with van der Waals surface area (Å²) in [5.74, 6) is -1.03. The minimum Gasteiger partial charge on any atom is -0.468 e. The number of benzene rings is 1. The Labute approximate surface area is 148 Å². The van der Waals surface area contributed by atoms with E-state index in [-0.39, 0.29) is 6.54 Å². The second-order valence-corrected chi connectivity index (χ2v) is 6.52. The fraction of sp³-hybridized carbons (Fsp3) is 0.500. The second-order valence-electron chi connectivity index (χ2n) is 6.52. The number of nitrogens with one attached hydrogen (secondary N) is 2. The van der Waals surface area contributed by atoms with Crippen LogP contribution in [-0.2, 0) is 25.5 Å². The number of hydrogen-bond acceptors (Lipinski definition) is 5. The molecule has 1 unspecified atom stereocenters. The molecule has 25 heavy (non-hydrogen) atoms. The number of ether oxygens (including phenoxy) is 2. The maximum Gasteiger partial charge on any atom is 0.408 e. The average molecular weight is 350 g/mol. The van der Waals surface area contributed by atoms with E-state index >= 15 is 0 Å². The van der Waals surface area contributed by atoms with Crippen LogP contribution < -0.4 is 10.6 Å². The Morgan fingerprint density at radius 2 is 1.76 bits per heavy atom. The number of amides is 2. The Bertz CT molecular complexity index is 581. The van der Waals surface area contributed by atoms with E-state index in [0.29, 0.717) is 12.8 Å². The van der Waals surface area contributed by atoms with Crippen LogP contribution in [0.25, 0.3) is 0 Å². The average Bonchev–Trinajstić information content (AvgIpc) is 2.55. The van der Waals surface area contributed by atoms with Gasteiger partial charge in [0.25, 0.3) is 0 Å². The van der Waals surface area contributed by atoms with Crippen molar-refractivity contribution in [1.82, 2.24) is 10.6 Å². The zero-order chi connectivity index (χ0) is 18.9. The number of hydrogen-bond donors (Lipinski definition) is 2. The van der Waals surface area contributed by atoms with Crippen LogP contribution >= 0.6 is 0 Å². The number of alkyl carbamates (subject to hydrolysis) is 1. The van der Waals surface area contributed by atoms with Crippen molar-refractivity contribution in [2.24, 2.45) is 0 Å². The van der Waals surface area contributed by atoms with Crippen molar-refractivity contribution in [3.8, 4) is 0 Å². The van der Waals surface area contributed by atoms with E-state index in [9.17, 15) is 14.4 Å². The minimum absolute atomic E-state index is 0.257. The van der Waals surface area contributed by atoms with E-state index in [2.05, 4.69) is 15.4 Å². The van der Waals surface area contributed by atoms with E-state index in [4.69, 9.17) is 4.74 Å². The summed E-state index contributed by atoms with van der Waals surface area (Å²) < 4.78 is 9.69. The van der Waals surface area contributed by atoms with Gasteiger partial charge in [-0.15, -0.1) is 0 Å². The number of aryl methyl sites for hydroxylation is 1. The third kappa shape index (κ3) is 8.74. The van der Waals surface area contributed by atoms with Crippen LogP contribution in [0.2, 0.25) is 0 Å². The highest BCUT2D eigenvalue weighted by Crippen LogP contribution is 2.09. The molecular formula is C18H26N2O5. The van der Waals surface area contributed by atoms with E-state index in [1.165, 1.54) is 7.11 Å². The molecule has 2 amide bonds. The molecule has 7 heteroatoms. The molecule has 1 rings (SSSR count). The molecule has 0 spiro atoms. The lowest BCUT2D eigenvalue weighted by molar-refractivity contribution is -0.141. The Morgan fingerprint density at radius 1 is 1.12 bits per heavy atom. The molecular weight excluding hydrogens is 324 g/mol. The third-order valence-electron chi connectivity index (χ3n) is 3.21. The highest BCUT2D eigenvalue weighted by Gasteiger charge is 2.24. The molecule has 138 valence electrons. The van der Waals surface area contributed by atoms with Crippen molar-refractivity contribution in [2.75, 3.05) is 13.7 Å². The molecule has 0 saturated carbocycles. The number of esters is 1. The van der Waals surface area contributed by atoms with Crippen LogP contribution in [0.4, 0.5) is 4.79 Å². The summed E-state index contributed by atoms with van der Waals surface area (Å²) in [5, 5.41) is 5.01. The van der Waals surface area contributed by atoms with Crippen molar-refractivity contribution in [3.05, 3.63) is 35.9 Å². The lowest BCUT2D eigenvalue weighted by Crippen LogP contribution is -2.49. The van der Waals surface area contributed by atoms with E-state index in [1.54, 1.807) is 20.8 Å². The van der Waals surface area contributed by atoms with Crippen molar-refractivity contribution < 1.29 is 23.9 Å². The minimum atomic E-state index is -0.820. The first-order chi connectivity index (χ1) is 11.7. The largest absolute Gasteiger partial charge is 0.468 e. The molecule has 0 aromatic heterocycles. The van der Waals surface area contributed by atoms with Gasteiger partial charge in [0.15, 0.2) is 0 Å². The van der Waals surface area contributed by atoms with Gasteiger partial charge in [-0.1, -0.05) is 30.3 Å². The number of carbonyl (C=O) groups excluding carboxylic acids is 3. The maximum absolute atomic E-state index is 12.3. The summed E-state index contributed by atoms with van der Waals surface area (Å²) in [5.41, 5.74) is 0.371. The van der Waals surface area contributed by atoms with Crippen LogP contribution in [-0.4, -0.2) is 43.3 Å². The molecule has 0 radical (unpaired) electrons. The monoisotopic (exact) mass is 350 g/mol. The van der Waals surface area contributed by atoms with Gasteiger partial charge in [-0.2, -0.15) is 0 Å². The topological polar surface area (TPSA) is 93.7 Å². The van der Waals surface area contributed by atoms with Gasteiger partial charge in [0.05, 0.1) is 7.11 Å². The molecule has 0 heterocycles. The molecule has 2 N–H and O–H groups in total. The number of methoxy groups -OCH3 is 1. The fourth-order valence-electron chi connectivity index (χ4n) is 2.03. The molecule has 0 aliphatic rings. The molecule has 0 saturated heterocycles. The maximum atomic E-state index is 12.3. The molecule has 7 nitrogen and oxygen atoms in total. The van der Waals surface area contributed by atoms with Crippen molar-refractivity contribution >= 4 is 18.0 Å². The zero-order valence-electron chi connectivity index (χ0n) is 15.1. The van der Waals surface area contributed by atoms with Crippen molar-refractivity contribution in [2.45, 2.75) is 45.3 Å². The first-order valence-electron chi connectivity index (χ1n) is 8.09. The lowest BCUT2D eigenvalue weighted by Gasteiger charge is -2.23. The summed E-state index contributed by atoms with van der Waals surface area (Å²) in [6.45, 7) is 4.96. The summed E-state index contributed by atoms with van der Waals surface area (Å²) in [4.78, 5) is 35.5. The second kappa shape index (κ2) is 9.66. The normalized spacial score (nSPS) is 12.0. The van der Waals surface area contributed by atoms with Crippen LogP contribution in [0.15, 0.2) is 30.3 Å². The van der Waals surface area contributed by atoms with Gasteiger partial charge < -0.3 is 20.1 Å². The van der Waals surface area contributed by atoms with Crippen LogP contribution in [0.5, 0.6) is 0 Å². The third-order valence-corrected chi connectivity index (χ3v) is 3.21. The Morgan fingerprint density at radius 3 is 2.32 bits per heavy atom. The van der Waals surface area contributed by atoms with E-state index < -0.39 is 29.6 Å². The van der Waals surface area contributed by atoms with Gasteiger partial charge in [0, 0.05) is 0 Å². The Hall–Kier alpha value is -2.57. The summed E-state index contributed by atoms with van der Waals surface area (Å²) in [7, 11) is 1.24. The summed E-state index contributed by atoms with van der Waals surface area (Å²) >= 11 is 0. The SMILES string of the molecule is COC(=O)CNC(=O)C(CCc1ccccc1)NC(=O)OC(C)(C)C. The Kier molecular flexibility index (Phi) is 7.91. The van der Waals surface area contributed by atoms with Gasteiger partial charge in [0.2, 0.25) is 5.91 Å². The highest BCUT2D eigenvalue weighted by molar-refractivity contribution is 5.88. The first kappa shape index (κ1) is 20.5. The van der Waals surface area contributed by atoms with E-state index in [1.807, 2.05) is 30.3 Å².